The first-order chi connectivity index (χ1) is 10.4. The minimum absolute atomic E-state index is 0.0948. The molecule has 0 fully saturated rings. The molecule has 0 spiro atoms. The summed E-state index contributed by atoms with van der Waals surface area (Å²) in [5.41, 5.74) is 0.324. The molecule has 1 atom stereocenters. The molecular formula is C15H24N2O4S. The lowest BCUT2D eigenvalue weighted by Crippen LogP contribution is -2.32. The summed E-state index contributed by atoms with van der Waals surface area (Å²) in [6.07, 6.45) is 1.40. The quantitative estimate of drug-likeness (QED) is 0.673. The van der Waals surface area contributed by atoms with Gasteiger partial charge in [-0.05, 0) is 38.0 Å². The number of benzene rings is 1. The van der Waals surface area contributed by atoms with E-state index in [1.807, 2.05) is 6.92 Å². The van der Waals surface area contributed by atoms with Crippen LogP contribution < -0.4 is 10.0 Å². The predicted molar refractivity (Wildman–Crippen MR) is 85.3 cm³/mol. The molecule has 0 saturated carbocycles. The highest BCUT2D eigenvalue weighted by molar-refractivity contribution is 7.89. The molecule has 124 valence electrons. The van der Waals surface area contributed by atoms with E-state index in [1.165, 1.54) is 12.1 Å². The van der Waals surface area contributed by atoms with Crippen molar-refractivity contribution in [3.05, 3.63) is 29.8 Å². The normalized spacial score (nSPS) is 12.9. The summed E-state index contributed by atoms with van der Waals surface area (Å²) in [5, 5.41) is 2.73. The smallest absolute Gasteiger partial charge is 0.251 e. The van der Waals surface area contributed by atoms with Crippen molar-refractivity contribution >= 4 is 15.9 Å². The van der Waals surface area contributed by atoms with Gasteiger partial charge in [-0.3, -0.25) is 4.79 Å². The van der Waals surface area contributed by atoms with Crippen LogP contribution in [-0.4, -0.2) is 40.6 Å². The predicted octanol–water partition coefficient (Wildman–Crippen LogP) is 1.53. The molecule has 22 heavy (non-hydrogen) atoms. The number of methoxy groups -OCH3 is 1. The molecule has 1 aromatic carbocycles. The largest absolute Gasteiger partial charge is 0.385 e. The van der Waals surface area contributed by atoms with E-state index in [4.69, 9.17) is 4.74 Å². The van der Waals surface area contributed by atoms with Gasteiger partial charge in [-0.2, -0.15) is 0 Å². The van der Waals surface area contributed by atoms with Gasteiger partial charge in [0.05, 0.1) is 4.90 Å². The second-order valence-corrected chi connectivity index (χ2v) is 6.77. The maximum absolute atomic E-state index is 12.2. The molecule has 6 nitrogen and oxygen atoms in total. The molecular weight excluding hydrogens is 304 g/mol. The van der Waals surface area contributed by atoms with Crippen molar-refractivity contribution in [1.29, 1.82) is 0 Å². The van der Waals surface area contributed by atoms with E-state index in [1.54, 1.807) is 26.2 Å². The number of sulfonamides is 1. The second-order valence-electron chi connectivity index (χ2n) is 5.06. The maximum Gasteiger partial charge on any atom is 0.251 e. The van der Waals surface area contributed by atoms with E-state index in [0.717, 1.165) is 0 Å². The van der Waals surface area contributed by atoms with E-state index in [2.05, 4.69) is 10.0 Å². The van der Waals surface area contributed by atoms with Gasteiger partial charge in [0.1, 0.15) is 0 Å². The van der Waals surface area contributed by atoms with Crippen LogP contribution in [0.1, 0.15) is 37.0 Å². The van der Waals surface area contributed by atoms with E-state index < -0.39 is 10.0 Å². The summed E-state index contributed by atoms with van der Waals surface area (Å²) in [6.45, 7) is 4.74. The molecule has 0 aromatic heterocycles. The number of ether oxygens (including phenoxy) is 1. The summed E-state index contributed by atoms with van der Waals surface area (Å²) in [5.74, 6) is -0.295. The number of carbonyl (C=O) groups is 1. The Morgan fingerprint density at radius 3 is 2.73 bits per heavy atom. The monoisotopic (exact) mass is 328 g/mol. The zero-order valence-corrected chi connectivity index (χ0v) is 14.1. The molecule has 1 unspecified atom stereocenters. The summed E-state index contributed by atoms with van der Waals surface area (Å²) < 4.78 is 31.9. The molecule has 1 amide bonds. The summed E-state index contributed by atoms with van der Waals surface area (Å²) in [7, 11) is -2.01. The lowest BCUT2D eigenvalue weighted by atomic mass is 10.2. The average Bonchev–Trinajstić information content (AvgIpc) is 2.51. The van der Waals surface area contributed by atoms with Gasteiger partial charge in [0.15, 0.2) is 0 Å². The summed E-state index contributed by atoms with van der Waals surface area (Å²) in [4.78, 5) is 12.1. The van der Waals surface area contributed by atoms with Crippen LogP contribution in [0.15, 0.2) is 29.2 Å². The van der Waals surface area contributed by atoms with Gasteiger partial charge in [0.2, 0.25) is 10.0 Å². The Hall–Kier alpha value is -1.44. The van der Waals surface area contributed by atoms with E-state index >= 15 is 0 Å². The average molecular weight is 328 g/mol. The Labute approximate surface area is 132 Å². The first-order valence-electron chi connectivity index (χ1n) is 7.30. The Bertz CT molecular complexity index is 587. The standard InChI is InChI=1S/C15H24N2O4S/c1-4-12(2)17-22(19,20)14-8-5-7-13(11-14)15(18)16-9-6-10-21-3/h5,7-8,11-12,17H,4,6,9-10H2,1-3H3,(H,16,18). The molecule has 0 saturated heterocycles. The first-order valence-corrected chi connectivity index (χ1v) is 8.78. The Morgan fingerprint density at radius 2 is 2.09 bits per heavy atom. The number of carbonyl (C=O) groups excluding carboxylic acids is 1. The summed E-state index contributed by atoms with van der Waals surface area (Å²) in [6, 6.07) is 5.86. The number of hydrogen-bond acceptors (Lipinski definition) is 4. The zero-order chi connectivity index (χ0) is 16.6. The SMILES string of the molecule is CCC(C)NS(=O)(=O)c1cccc(C(=O)NCCCOC)c1. The third-order valence-electron chi connectivity index (χ3n) is 3.19. The summed E-state index contributed by atoms with van der Waals surface area (Å²) >= 11 is 0. The van der Waals surface area contributed by atoms with Gasteiger partial charge < -0.3 is 10.1 Å². The Kier molecular flexibility index (Phi) is 7.50. The van der Waals surface area contributed by atoms with Gasteiger partial charge >= 0.3 is 0 Å². The van der Waals surface area contributed by atoms with Gasteiger partial charge in [0.25, 0.3) is 5.91 Å². The van der Waals surface area contributed by atoms with Gasteiger partial charge in [-0.1, -0.05) is 13.0 Å². The van der Waals surface area contributed by atoms with Crippen molar-refractivity contribution in [2.24, 2.45) is 0 Å². The molecule has 0 aliphatic carbocycles. The van der Waals surface area contributed by atoms with E-state index in [-0.39, 0.29) is 16.8 Å². The first kappa shape index (κ1) is 18.6. The number of nitrogens with one attached hydrogen (secondary N) is 2. The molecule has 0 bridgehead atoms. The van der Waals surface area contributed by atoms with Gasteiger partial charge in [-0.15, -0.1) is 0 Å². The highest BCUT2D eigenvalue weighted by Gasteiger charge is 2.18. The highest BCUT2D eigenvalue weighted by Crippen LogP contribution is 2.12. The minimum atomic E-state index is -3.61. The number of rotatable bonds is 9. The third-order valence-corrected chi connectivity index (χ3v) is 4.77. The number of hydrogen-bond donors (Lipinski definition) is 2. The molecule has 0 aliphatic heterocycles. The number of amides is 1. The minimum Gasteiger partial charge on any atom is -0.385 e. The third kappa shape index (κ3) is 5.75. The molecule has 2 N–H and O–H groups in total. The van der Waals surface area contributed by atoms with Crippen LogP contribution in [0, 0.1) is 0 Å². The molecule has 1 rings (SSSR count). The second kappa shape index (κ2) is 8.87. The van der Waals surface area contributed by atoms with Gasteiger partial charge in [0, 0.05) is 31.9 Å². The van der Waals surface area contributed by atoms with Crippen molar-refractivity contribution in [3.63, 3.8) is 0 Å². The van der Waals surface area contributed by atoms with Crippen molar-refractivity contribution in [2.75, 3.05) is 20.3 Å². The fourth-order valence-electron chi connectivity index (χ4n) is 1.74. The molecule has 1 aromatic rings. The molecule has 7 heteroatoms. The lowest BCUT2D eigenvalue weighted by molar-refractivity contribution is 0.0948. The van der Waals surface area contributed by atoms with Crippen LogP contribution in [0.25, 0.3) is 0 Å². The van der Waals surface area contributed by atoms with Crippen LogP contribution in [0.2, 0.25) is 0 Å². The topological polar surface area (TPSA) is 84.5 Å². The highest BCUT2D eigenvalue weighted by atomic mass is 32.2. The Balaban J connectivity index is 2.79. The van der Waals surface area contributed by atoms with Crippen LogP contribution in [0.4, 0.5) is 0 Å². The Morgan fingerprint density at radius 1 is 1.36 bits per heavy atom. The van der Waals surface area contributed by atoms with Crippen molar-refractivity contribution in [1.82, 2.24) is 10.0 Å². The molecule has 0 heterocycles. The van der Waals surface area contributed by atoms with E-state index in [0.29, 0.717) is 31.6 Å². The fraction of sp³-hybridized carbons (Fsp3) is 0.533. The fourth-order valence-corrected chi connectivity index (χ4v) is 3.11. The van der Waals surface area contributed by atoms with Crippen LogP contribution in [0.5, 0.6) is 0 Å². The maximum atomic E-state index is 12.2. The van der Waals surface area contributed by atoms with Crippen molar-refractivity contribution in [3.8, 4) is 0 Å². The molecule has 0 radical (unpaired) electrons. The van der Waals surface area contributed by atoms with Crippen LogP contribution >= 0.6 is 0 Å². The lowest BCUT2D eigenvalue weighted by Gasteiger charge is -2.13. The van der Waals surface area contributed by atoms with Crippen molar-refractivity contribution in [2.45, 2.75) is 37.6 Å². The van der Waals surface area contributed by atoms with E-state index in [9.17, 15) is 13.2 Å². The molecule has 0 aliphatic rings. The van der Waals surface area contributed by atoms with Crippen LogP contribution in [0.3, 0.4) is 0 Å². The van der Waals surface area contributed by atoms with Crippen LogP contribution in [-0.2, 0) is 14.8 Å². The van der Waals surface area contributed by atoms with Gasteiger partial charge in [-0.25, -0.2) is 13.1 Å². The van der Waals surface area contributed by atoms with Crippen molar-refractivity contribution < 1.29 is 17.9 Å². The zero-order valence-electron chi connectivity index (χ0n) is 13.3.